The normalized spacial score (nSPS) is 10.3. The van der Waals surface area contributed by atoms with Gasteiger partial charge in [0.25, 0.3) is 0 Å². The summed E-state index contributed by atoms with van der Waals surface area (Å²) in [7, 11) is 0. The van der Waals surface area contributed by atoms with Crippen LogP contribution in [0.15, 0.2) is 40.9 Å². The molecule has 0 N–H and O–H groups in total. The molecule has 0 atom stereocenters. The second-order valence-corrected chi connectivity index (χ2v) is 5.36. The predicted octanol–water partition coefficient (Wildman–Crippen LogP) is 5.54. The Labute approximate surface area is 133 Å². The highest BCUT2D eigenvalue weighted by molar-refractivity contribution is 9.10. The molecule has 0 aliphatic heterocycles. The fourth-order valence-electron chi connectivity index (χ4n) is 1.56. The molecule has 104 valence electrons. The van der Waals surface area contributed by atoms with Gasteiger partial charge in [-0.25, -0.2) is 0 Å². The summed E-state index contributed by atoms with van der Waals surface area (Å²) in [5, 5.41) is 11.4. The summed E-state index contributed by atoms with van der Waals surface area (Å²) in [4.78, 5) is 10.5. The van der Waals surface area contributed by atoms with E-state index >= 15 is 0 Å². The first-order chi connectivity index (χ1) is 9.52. The lowest BCUT2D eigenvalue weighted by Crippen LogP contribution is -1.94. The van der Waals surface area contributed by atoms with E-state index in [2.05, 4.69) is 15.9 Å². The maximum atomic E-state index is 11.0. The number of nitro groups is 1. The van der Waals surface area contributed by atoms with Crippen molar-refractivity contribution in [2.75, 3.05) is 0 Å². The van der Waals surface area contributed by atoms with Crippen molar-refractivity contribution in [1.82, 2.24) is 0 Å². The minimum atomic E-state index is -0.505. The third-order valence-electron chi connectivity index (χ3n) is 2.53. The van der Waals surface area contributed by atoms with Crippen LogP contribution in [0, 0.1) is 10.1 Å². The lowest BCUT2D eigenvalue weighted by atomic mass is 10.2. The third kappa shape index (κ3) is 3.23. The first-order valence-corrected chi connectivity index (χ1v) is 7.18. The summed E-state index contributed by atoms with van der Waals surface area (Å²) in [6, 6.07) is 9.55. The van der Waals surface area contributed by atoms with Crippen LogP contribution in [0.4, 0.5) is 5.69 Å². The van der Waals surface area contributed by atoms with Gasteiger partial charge in [-0.2, -0.15) is 0 Å². The van der Waals surface area contributed by atoms with E-state index in [-0.39, 0.29) is 17.3 Å². The van der Waals surface area contributed by atoms with Gasteiger partial charge in [-0.15, -0.1) is 11.6 Å². The number of halogens is 3. The SMILES string of the molecule is O=[N+]([O-])c1cccc(Br)c1Oc1ccc(CCl)c(Cl)c1. The largest absolute Gasteiger partial charge is 0.449 e. The van der Waals surface area contributed by atoms with Crippen LogP contribution < -0.4 is 4.74 Å². The number of para-hydroxylation sites is 1. The van der Waals surface area contributed by atoms with Gasteiger partial charge in [0.2, 0.25) is 5.75 Å². The van der Waals surface area contributed by atoms with E-state index in [1.807, 2.05) is 0 Å². The number of hydrogen-bond donors (Lipinski definition) is 0. The standard InChI is InChI=1S/C13H8BrCl2NO3/c14-10-2-1-3-12(17(18)19)13(10)20-9-5-4-8(7-15)11(16)6-9/h1-6H,7H2. The Morgan fingerprint density at radius 3 is 2.65 bits per heavy atom. The number of nitrogens with zero attached hydrogens (tertiary/aromatic N) is 1. The number of ether oxygens (including phenoxy) is 1. The molecule has 2 aromatic rings. The van der Waals surface area contributed by atoms with Crippen LogP contribution in [0.2, 0.25) is 5.02 Å². The van der Waals surface area contributed by atoms with Gasteiger partial charge in [0, 0.05) is 17.0 Å². The molecule has 0 spiro atoms. The van der Waals surface area contributed by atoms with Crippen molar-refractivity contribution >= 4 is 44.8 Å². The highest BCUT2D eigenvalue weighted by atomic mass is 79.9. The fourth-order valence-corrected chi connectivity index (χ4v) is 2.54. The molecule has 2 aromatic carbocycles. The summed E-state index contributed by atoms with van der Waals surface area (Å²) in [5.74, 6) is 0.819. The van der Waals surface area contributed by atoms with Crippen LogP contribution >= 0.6 is 39.1 Å². The van der Waals surface area contributed by atoms with Crippen LogP contribution in [0.25, 0.3) is 0 Å². The molecule has 0 amide bonds. The molecular formula is C13H8BrCl2NO3. The molecule has 20 heavy (non-hydrogen) atoms. The van der Waals surface area contributed by atoms with E-state index in [1.165, 1.54) is 6.07 Å². The zero-order chi connectivity index (χ0) is 14.7. The molecule has 0 radical (unpaired) electrons. The van der Waals surface area contributed by atoms with Gasteiger partial charge >= 0.3 is 5.69 Å². The predicted molar refractivity (Wildman–Crippen MR) is 81.9 cm³/mol. The number of alkyl halides is 1. The van der Waals surface area contributed by atoms with Crippen LogP contribution in [0.5, 0.6) is 11.5 Å². The summed E-state index contributed by atoms with van der Waals surface area (Å²) >= 11 is 15.0. The third-order valence-corrected chi connectivity index (χ3v) is 3.80. The maximum Gasteiger partial charge on any atom is 0.312 e. The van der Waals surface area contributed by atoms with E-state index in [0.29, 0.717) is 15.2 Å². The van der Waals surface area contributed by atoms with E-state index in [0.717, 1.165) is 5.56 Å². The Morgan fingerprint density at radius 1 is 1.30 bits per heavy atom. The topological polar surface area (TPSA) is 52.4 Å². The van der Waals surface area contributed by atoms with Crippen LogP contribution in [0.3, 0.4) is 0 Å². The molecule has 0 aliphatic rings. The van der Waals surface area contributed by atoms with Gasteiger partial charge in [-0.05, 0) is 39.7 Å². The van der Waals surface area contributed by atoms with Gasteiger partial charge in [0.15, 0.2) is 0 Å². The second kappa shape index (κ2) is 6.43. The van der Waals surface area contributed by atoms with E-state index in [1.54, 1.807) is 30.3 Å². The smallest absolute Gasteiger partial charge is 0.312 e. The van der Waals surface area contributed by atoms with Gasteiger partial charge in [0.1, 0.15) is 5.75 Å². The zero-order valence-corrected chi connectivity index (χ0v) is 13.1. The Hall–Kier alpha value is -1.30. The van der Waals surface area contributed by atoms with E-state index < -0.39 is 4.92 Å². The van der Waals surface area contributed by atoms with Gasteiger partial charge in [-0.3, -0.25) is 10.1 Å². The first-order valence-electron chi connectivity index (χ1n) is 5.48. The second-order valence-electron chi connectivity index (χ2n) is 3.83. The number of hydrogen-bond acceptors (Lipinski definition) is 3. The molecule has 0 fully saturated rings. The highest BCUT2D eigenvalue weighted by Gasteiger charge is 2.19. The minimum Gasteiger partial charge on any atom is -0.449 e. The van der Waals surface area contributed by atoms with Crippen molar-refractivity contribution in [3.05, 3.63) is 61.6 Å². The van der Waals surface area contributed by atoms with Gasteiger partial charge < -0.3 is 4.74 Å². The molecule has 0 heterocycles. The van der Waals surface area contributed by atoms with Crippen LogP contribution in [-0.4, -0.2) is 4.92 Å². The Balaban J connectivity index is 2.39. The monoisotopic (exact) mass is 375 g/mol. The van der Waals surface area contributed by atoms with E-state index in [4.69, 9.17) is 27.9 Å². The Bertz CT molecular complexity index is 664. The van der Waals surface area contributed by atoms with Crippen molar-refractivity contribution in [3.8, 4) is 11.5 Å². The minimum absolute atomic E-state index is 0.128. The lowest BCUT2D eigenvalue weighted by Gasteiger charge is -2.09. The molecule has 7 heteroatoms. The quantitative estimate of drug-likeness (QED) is 0.399. The van der Waals surface area contributed by atoms with Gasteiger partial charge in [-0.1, -0.05) is 23.7 Å². The molecule has 4 nitrogen and oxygen atoms in total. The first kappa shape index (κ1) is 15.1. The van der Waals surface area contributed by atoms with Crippen molar-refractivity contribution in [2.45, 2.75) is 5.88 Å². The van der Waals surface area contributed by atoms with Crippen molar-refractivity contribution in [2.24, 2.45) is 0 Å². The summed E-state index contributed by atoms with van der Waals surface area (Å²) in [6.45, 7) is 0. The summed E-state index contributed by atoms with van der Waals surface area (Å²) < 4.78 is 6.06. The molecule has 0 saturated heterocycles. The van der Waals surface area contributed by atoms with Crippen molar-refractivity contribution in [1.29, 1.82) is 0 Å². The van der Waals surface area contributed by atoms with Crippen LogP contribution in [-0.2, 0) is 5.88 Å². The van der Waals surface area contributed by atoms with Crippen molar-refractivity contribution < 1.29 is 9.66 Å². The number of rotatable bonds is 4. The highest BCUT2D eigenvalue weighted by Crippen LogP contribution is 2.38. The molecule has 0 aliphatic carbocycles. The summed E-state index contributed by atoms with van der Waals surface area (Å²) in [6.07, 6.45) is 0. The Kier molecular flexibility index (Phi) is 4.86. The summed E-state index contributed by atoms with van der Waals surface area (Å²) in [5.41, 5.74) is 0.638. The van der Waals surface area contributed by atoms with Gasteiger partial charge in [0.05, 0.1) is 9.40 Å². The number of nitro benzene ring substituents is 1. The van der Waals surface area contributed by atoms with E-state index in [9.17, 15) is 10.1 Å². The maximum absolute atomic E-state index is 11.0. The fraction of sp³-hybridized carbons (Fsp3) is 0.0769. The molecular weight excluding hydrogens is 369 g/mol. The number of benzene rings is 2. The van der Waals surface area contributed by atoms with Crippen molar-refractivity contribution in [3.63, 3.8) is 0 Å². The molecule has 0 bridgehead atoms. The molecule has 0 aromatic heterocycles. The molecule has 2 rings (SSSR count). The molecule has 0 unspecified atom stereocenters. The zero-order valence-electron chi connectivity index (χ0n) is 9.98. The Morgan fingerprint density at radius 2 is 2.05 bits per heavy atom. The molecule has 0 saturated carbocycles. The average molecular weight is 377 g/mol. The average Bonchev–Trinajstić information content (AvgIpc) is 2.41. The van der Waals surface area contributed by atoms with Crippen LogP contribution in [0.1, 0.15) is 5.56 Å². The lowest BCUT2D eigenvalue weighted by molar-refractivity contribution is -0.385.